The Bertz CT molecular complexity index is 1620. The largest absolute Gasteiger partial charge is 0.383 e. The third-order valence-electron chi connectivity index (χ3n) is 6.65. The molecule has 1 saturated carbocycles. The van der Waals surface area contributed by atoms with Crippen molar-refractivity contribution in [2.45, 2.75) is 31.3 Å². The number of nitriles is 1. The first-order chi connectivity index (χ1) is 19.4. The van der Waals surface area contributed by atoms with Crippen LogP contribution in [0.3, 0.4) is 0 Å². The fraction of sp³-hybridized carbons (Fsp3) is 0.207. The third kappa shape index (κ3) is 5.43. The van der Waals surface area contributed by atoms with Crippen LogP contribution in [0.2, 0.25) is 5.02 Å². The van der Waals surface area contributed by atoms with Gasteiger partial charge in [0.25, 0.3) is 0 Å². The summed E-state index contributed by atoms with van der Waals surface area (Å²) in [4.78, 5) is 8.80. The zero-order valence-corrected chi connectivity index (χ0v) is 21.6. The summed E-state index contributed by atoms with van der Waals surface area (Å²) in [5.41, 5.74) is 10.3. The highest BCUT2D eigenvalue weighted by Crippen LogP contribution is 2.36. The van der Waals surface area contributed by atoms with Gasteiger partial charge in [-0.25, -0.2) is 4.39 Å². The highest BCUT2D eigenvalue weighted by atomic mass is 35.5. The standard InChI is InChI=1S/C29H26ClFN8/c30-25-14-22(36-28(18-4-6-20(31)7-5-18)26-17-39(38-37-26)23-8-9-23)13-24-27(19(15-32)16-35-29(24)25)34-12-10-21-3-1-2-11-33-21/h1-7,11,13-14,16-17,23,28,36-38H,8-10,12H2,(H,34,35)/i28D. The van der Waals surface area contributed by atoms with Gasteiger partial charge in [-0.15, -0.1) is 5.53 Å². The Hall–Kier alpha value is -4.39. The van der Waals surface area contributed by atoms with E-state index in [1.807, 2.05) is 35.5 Å². The Morgan fingerprint density at radius 2 is 2.05 bits per heavy atom. The molecule has 0 amide bonds. The molecule has 4 aromatic rings. The van der Waals surface area contributed by atoms with E-state index in [1.54, 1.807) is 24.4 Å². The zero-order chi connectivity index (χ0) is 27.7. The van der Waals surface area contributed by atoms with Crippen molar-refractivity contribution in [2.75, 3.05) is 17.2 Å². The predicted octanol–water partition coefficient (Wildman–Crippen LogP) is 5.43. The fourth-order valence-corrected chi connectivity index (χ4v) is 4.80. The molecule has 10 heteroatoms. The molecule has 6 rings (SSSR count). The Balaban J connectivity index is 1.38. The Morgan fingerprint density at radius 1 is 1.21 bits per heavy atom. The molecular formula is C29H26ClFN8. The first-order valence-electron chi connectivity index (χ1n) is 13.2. The molecule has 4 N–H and O–H groups in total. The fourth-order valence-electron chi connectivity index (χ4n) is 4.53. The second-order valence-electron chi connectivity index (χ2n) is 9.44. The smallest absolute Gasteiger partial charge is 0.123 e. The number of pyridine rings is 2. The maximum absolute atomic E-state index is 13.8. The molecule has 0 spiro atoms. The predicted molar refractivity (Wildman–Crippen MR) is 150 cm³/mol. The number of fused-ring (bicyclic) bond motifs is 1. The number of benzene rings is 2. The van der Waals surface area contributed by atoms with E-state index in [1.165, 1.54) is 18.3 Å². The van der Waals surface area contributed by atoms with Crippen LogP contribution in [-0.4, -0.2) is 27.6 Å². The quantitative estimate of drug-likeness (QED) is 0.222. The van der Waals surface area contributed by atoms with Crippen molar-refractivity contribution in [2.24, 2.45) is 0 Å². The summed E-state index contributed by atoms with van der Waals surface area (Å²) in [7, 11) is 0. The normalized spacial score (nSPS) is 16.6. The molecule has 2 aromatic carbocycles. The zero-order valence-electron chi connectivity index (χ0n) is 21.9. The van der Waals surface area contributed by atoms with E-state index < -0.39 is 6.02 Å². The van der Waals surface area contributed by atoms with Crippen LogP contribution < -0.4 is 21.6 Å². The van der Waals surface area contributed by atoms with Gasteiger partial charge in [-0.2, -0.15) is 5.26 Å². The van der Waals surface area contributed by atoms with Gasteiger partial charge in [0, 0.05) is 54.4 Å². The number of hydrazine groups is 2. The molecule has 1 unspecified atom stereocenters. The van der Waals surface area contributed by atoms with Crippen molar-refractivity contribution in [1.29, 1.82) is 5.26 Å². The van der Waals surface area contributed by atoms with Gasteiger partial charge in [-0.05, 0) is 54.8 Å². The molecule has 1 aliphatic carbocycles. The van der Waals surface area contributed by atoms with Crippen LogP contribution >= 0.6 is 11.6 Å². The van der Waals surface area contributed by atoms with Crippen LogP contribution in [-0.2, 0) is 6.42 Å². The summed E-state index contributed by atoms with van der Waals surface area (Å²) in [5.74, 6) is -0.387. The number of rotatable bonds is 9. The van der Waals surface area contributed by atoms with Gasteiger partial charge in [0.15, 0.2) is 0 Å². The summed E-state index contributed by atoms with van der Waals surface area (Å²) in [6.07, 6.45) is 7.91. The van der Waals surface area contributed by atoms with Gasteiger partial charge in [0.05, 0.1) is 34.9 Å². The number of hydrogen-bond acceptors (Lipinski definition) is 8. The molecule has 1 fully saturated rings. The van der Waals surface area contributed by atoms with Crippen LogP contribution in [0.4, 0.5) is 15.8 Å². The first-order valence-corrected chi connectivity index (χ1v) is 13.0. The molecule has 3 heterocycles. The number of nitrogens with zero attached hydrogens (tertiary/aromatic N) is 4. The number of halogens is 2. The summed E-state index contributed by atoms with van der Waals surface area (Å²) in [5, 5.41) is 19.5. The molecule has 0 saturated heterocycles. The van der Waals surface area contributed by atoms with Crippen molar-refractivity contribution in [3.8, 4) is 6.07 Å². The van der Waals surface area contributed by atoms with E-state index in [9.17, 15) is 11.0 Å². The van der Waals surface area contributed by atoms with E-state index in [0.29, 0.717) is 63.1 Å². The van der Waals surface area contributed by atoms with Gasteiger partial charge >= 0.3 is 0 Å². The molecule has 2 aromatic heterocycles. The third-order valence-corrected chi connectivity index (χ3v) is 6.94. The second-order valence-corrected chi connectivity index (χ2v) is 9.84. The average Bonchev–Trinajstić information content (AvgIpc) is 3.69. The van der Waals surface area contributed by atoms with Crippen LogP contribution in [0.5, 0.6) is 0 Å². The molecule has 1 aliphatic heterocycles. The van der Waals surface area contributed by atoms with Crippen LogP contribution in [0, 0.1) is 17.1 Å². The molecule has 2 aliphatic rings. The summed E-state index contributed by atoms with van der Waals surface area (Å²) >= 11 is 6.70. The Kier molecular flexibility index (Phi) is 6.55. The van der Waals surface area contributed by atoms with Crippen molar-refractivity contribution in [3.63, 3.8) is 0 Å². The molecule has 1 atom stereocenters. The maximum Gasteiger partial charge on any atom is 0.123 e. The van der Waals surface area contributed by atoms with E-state index in [4.69, 9.17) is 11.6 Å². The maximum atomic E-state index is 13.8. The first kappa shape index (κ1) is 23.7. The van der Waals surface area contributed by atoms with Crippen LogP contribution in [0.1, 0.15) is 37.1 Å². The lowest BCUT2D eigenvalue weighted by Gasteiger charge is -2.22. The average molecular weight is 542 g/mol. The summed E-state index contributed by atoms with van der Waals surface area (Å²) in [6.45, 7) is 0.539. The van der Waals surface area contributed by atoms with Crippen molar-refractivity contribution < 1.29 is 5.76 Å². The number of hydrogen-bond donors (Lipinski definition) is 4. The van der Waals surface area contributed by atoms with E-state index in [-0.39, 0.29) is 5.82 Å². The van der Waals surface area contributed by atoms with E-state index in [2.05, 4.69) is 37.6 Å². The van der Waals surface area contributed by atoms with Crippen LogP contribution in [0.25, 0.3) is 10.9 Å². The molecule has 39 heavy (non-hydrogen) atoms. The minimum atomic E-state index is -1.52. The molecule has 8 nitrogen and oxygen atoms in total. The number of anilines is 2. The number of nitrogens with one attached hydrogen (secondary N) is 4. The lowest BCUT2D eigenvalue weighted by Crippen LogP contribution is -2.38. The second kappa shape index (κ2) is 10.8. The molecular weight excluding hydrogens is 515 g/mol. The van der Waals surface area contributed by atoms with Crippen molar-refractivity contribution in [3.05, 3.63) is 107 Å². The molecule has 0 bridgehead atoms. The van der Waals surface area contributed by atoms with Gasteiger partial charge in [-0.3, -0.25) is 15.0 Å². The van der Waals surface area contributed by atoms with Gasteiger partial charge in [0.2, 0.25) is 0 Å². The van der Waals surface area contributed by atoms with Gasteiger partial charge in [-0.1, -0.05) is 29.8 Å². The number of aromatic nitrogens is 2. The van der Waals surface area contributed by atoms with Crippen molar-refractivity contribution >= 4 is 33.9 Å². The molecule has 196 valence electrons. The lowest BCUT2D eigenvalue weighted by atomic mass is 10.0. The highest BCUT2D eigenvalue weighted by Gasteiger charge is 2.32. The summed E-state index contributed by atoms with van der Waals surface area (Å²) < 4.78 is 23.4. The lowest BCUT2D eigenvalue weighted by molar-refractivity contribution is 0.260. The molecule has 0 radical (unpaired) electrons. The minimum absolute atomic E-state index is 0.366. The Morgan fingerprint density at radius 3 is 2.79 bits per heavy atom. The van der Waals surface area contributed by atoms with E-state index >= 15 is 0 Å². The van der Waals surface area contributed by atoms with E-state index in [0.717, 1.165) is 18.5 Å². The SMILES string of the molecule is [2H]C(Nc1cc(Cl)c2ncc(C#N)c(NCCc3ccccn3)c2c1)(C1=CN(C2CC2)NN1)c1ccc(F)cc1. The minimum Gasteiger partial charge on any atom is -0.383 e. The Labute approximate surface area is 231 Å². The van der Waals surface area contributed by atoms with Gasteiger partial charge in [0.1, 0.15) is 11.9 Å². The van der Waals surface area contributed by atoms with Crippen LogP contribution in [0.15, 0.2) is 78.9 Å². The summed E-state index contributed by atoms with van der Waals surface area (Å²) in [6, 6.07) is 16.2. The van der Waals surface area contributed by atoms with Crippen molar-refractivity contribution in [1.82, 2.24) is 25.9 Å². The highest BCUT2D eigenvalue weighted by molar-refractivity contribution is 6.35. The topological polar surface area (TPSA) is 101 Å². The monoisotopic (exact) mass is 541 g/mol. The van der Waals surface area contributed by atoms with Gasteiger partial charge < -0.3 is 16.1 Å².